The van der Waals surface area contributed by atoms with Gasteiger partial charge in [0, 0.05) is 23.0 Å². The maximum atomic E-state index is 11.8. The summed E-state index contributed by atoms with van der Waals surface area (Å²) in [5.74, 6) is 1.63. The van der Waals surface area contributed by atoms with Crippen molar-refractivity contribution in [3.8, 4) is 11.5 Å². The third-order valence-electron chi connectivity index (χ3n) is 2.59. The standard InChI is InChI=1S/C13H10ClN3O3/c14-8-3-4-15-12(5-8)17-13(18)16-9-1-2-10-11(6-9)20-7-19-10/h1-6H,7H2,(H2,15,16,17,18). The highest BCUT2D eigenvalue weighted by molar-refractivity contribution is 6.30. The summed E-state index contributed by atoms with van der Waals surface area (Å²) in [5.41, 5.74) is 0.591. The number of hydrogen-bond acceptors (Lipinski definition) is 4. The van der Waals surface area contributed by atoms with Gasteiger partial charge in [0.05, 0.1) is 0 Å². The van der Waals surface area contributed by atoms with Crippen molar-refractivity contribution in [1.82, 2.24) is 4.98 Å². The molecule has 2 heterocycles. The van der Waals surface area contributed by atoms with Crippen LogP contribution < -0.4 is 20.1 Å². The monoisotopic (exact) mass is 291 g/mol. The van der Waals surface area contributed by atoms with Crippen LogP contribution in [0.1, 0.15) is 0 Å². The van der Waals surface area contributed by atoms with Crippen molar-refractivity contribution in [2.45, 2.75) is 0 Å². The molecule has 0 aliphatic carbocycles. The van der Waals surface area contributed by atoms with E-state index < -0.39 is 6.03 Å². The molecule has 2 N–H and O–H groups in total. The quantitative estimate of drug-likeness (QED) is 0.892. The summed E-state index contributed by atoms with van der Waals surface area (Å²) in [4.78, 5) is 15.8. The molecule has 2 amide bonds. The predicted molar refractivity (Wildman–Crippen MR) is 74.5 cm³/mol. The lowest BCUT2D eigenvalue weighted by Gasteiger charge is -2.07. The number of rotatable bonds is 2. The van der Waals surface area contributed by atoms with Gasteiger partial charge in [0.2, 0.25) is 6.79 Å². The molecule has 7 heteroatoms. The Labute approximate surface area is 119 Å². The average Bonchev–Trinajstić information content (AvgIpc) is 2.86. The molecule has 0 spiro atoms. The Balaban J connectivity index is 1.67. The Hall–Kier alpha value is -2.47. The van der Waals surface area contributed by atoms with Crippen LogP contribution in [0.25, 0.3) is 0 Å². The number of halogens is 1. The molecule has 0 bridgehead atoms. The molecule has 2 aromatic rings. The van der Waals surface area contributed by atoms with Gasteiger partial charge >= 0.3 is 6.03 Å². The summed E-state index contributed by atoms with van der Waals surface area (Å²) < 4.78 is 10.4. The van der Waals surface area contributed by atoms with Crippen LogP contribution in [0.4, 0.5) is 16.3 Å². The summed E-state index contributed by atoms with van der Waals surface area (Å²) in [6.07, 6.45) is 1.51. The number of carbonyl (C=O) groups excluding carboxylic acids is 1. The second-order valence-electron chi connectivity index (χ2n) is 4.01. The molecule has 1 aliphatic heterocycles. The van der Waals surface area contributed by atoms with Crippen LogP contribution >= 0.6 is 11.6 Å². The number of ether oxygens (including phenoxy) is 2. The van der Waals surface area contributed by atoms with Gasteiger partial charge in [-0.3, -0.25) is 5.32 Å². The zero-order valence-electron chi connectivity index (χ0n) is 10.2. The first-order valence-corrected chi connectivity index (χ1v) is 6.18. The first kappa shape index (κ1) is 12.6. The third-order valence-corrected chi connectivity index (χ3v) is 2.83. The van der Waals surface area contributed by atoms with Gasteiger partial charge < -0.3 is 14.8 Å². The minimum atomic E-state index is -0.418. The second kappa shape index (κ2) is 5.26. The summed E-state index contributed by atoms with van der Waals surface area (Å²) in [6, 6.07) is 7.91. The van der Waals surface area contributed by atoms with E-state index in [1.807, 2.05) is 0 Å². The van der Waals surface area contributed by atoms with Crippen LogP contribution in [0, 0.1) is 0 Å². The lowest BCUT2D eigenvalue weighted by atomic mass is 10.3. The van der Waals surface area contributed by atoms with Crippen molar-refractivity contribution < 1.29 is 14.3 Å². The molecule has 3 rings (SSSR count). The van der Waals surface area contributed by atoms with Crippen molar-refractivity contribution in [3.05, 3.63) is 41.6 Å². The number of anilines is 2. The molecule has 0 unspecified atom stereocenters. The van der Waals surface area contributed by atoms with Gasteiger partial charge in [-0.25, -0.2) is 9.78 Å². The summed E-state index contributed by atoms with van der Waals surface area (Å²) in [5, 5.41) is 5.75. The maximum Gasteiger partial charge on any atom is 0.324 e. The summed E-state index contributed by atoms with van der Waals surface area (Å²) >= 11 is 5.81. The molecule has 1 aromatic carbocycles. The molecular weight excluding hydrogens is 282 g/mol. The highest BCUT2D eigenvalue weighted by Crippen LogP contribution is 2.34. The average molecular weight is 292 g/mol. The largest absolute Gasteiger partial charge is 0.454 e. The fourth-order valence-corrected chi connectivity index (χ4v) is 1.89. The lowest BCUT2D eigenvalue weighted by Crippen LogP contribution is -2.19. The number of nitrogens with zero attached hydrogens (tertiary/aromatic N) is 1. The molecule has 6 nitrogen and oxygen atoms in total. The molecule has 0 saturated carbocycles. The van der Waals surface area contributed by atoms with Crippen molar-refractivity contribution in [2.75, 3.05) is 17.4 Å². The van der Waals surface area contributed by atoms with Crippen LogP contribution in [-0.2, 0) is 0 Å². The first-order valence-electron chi connectivity index (χ1n) is 5.80. The van der Waals surface area contributed by atoms with Gasteiger partial charge in [0.25, 0.3) is 0 Å². The molecule has 0 radical (unpaired) electrons. The van der Waals surface area contributed by atoms with E-state index >= 15 is 0 Å². The van der Waals surface area contributed by atoms with Crippen molar-refractivity contribution >= 4 is 29.1 Å². The van der Waals surface area contributed by atoms with Crippen LogP contribution in [0.5, 0.6) is 11.5 Å². The molecular formula is C13H10ClN3O3. The smallest absolute Gasteiger partial charge is 0.324 e. The SMILES string of the molecule is O=C(Nc1ccc2c(c1)OCO2)Nc1cc(Cl)ccn1. The highest BCUT2D eigenvalue weighted by Gasteiger charge is 2.14. The van der Waals surface area contributed by atoms with E-state index in [-0.39, 0.29) is 6.79 Å². The van der Waals surface area contributed by atoms with Crippen molar-refractivity contribution in [2.24, 2.45) is 0 Å². The fraction of sp³-hybridized carbons (Fsp3) is 0.0769. The number of fused-ring (bicyclic) bond motifs is 1. The molecule has 0 saturated heterocycles. The minimum absolute atomic E-state index is 0.192. The Kier molecular flexibility index (Phi) is 3.30. The lowest BCUT2D eigenvalue weighted by molar-refractivity contribution is 0.174. The Morgan fingerprint density at radius 1 is 1.15 bits per heavy atom. The van der Waals surface area contributed by atoms with E-state index in [9.17, 15) is 4.79 Å². The van der Waals surface area contributed by atoms with Crippen LogP contribution in [0.15, 0.2) is 36.5 Å². The van der Waals surface area contributed by atoms with Gasteiger partial charge in [-0.15, -0.1) is 0 Å². The van der Waals surface area contributed by atoms with E-state index in [0.29, 0.717) is 28.0 Å². The number of nitrogens with one attached hydrogen (secondary N) is 2. The number of carbonyl (C=O) groups is 1. The fourth-order valence-electron chi connectivity index (χ4n) is 1.73. The van der Waals surface area contributed by atoms with E-state index in [4.69, 9.17) is 21.1 Å². The van der Waals surface area contributed by atoms with E-state index in [0.717, 1.165) is 0 Å². The number of aromatic nitrogens is 1. The zero-order valence-corrected chi connectivity index (χ0v) is 11.0. The van der Waals surface area contributed by atoms with Crippen molar-refractivity contribution in [3.63, 3.8) is 0 Å². The van der Waals surface area contributed by atoms with E-state index in [1.54, 1.807) is 30.3 Å². The number of urea groups is 1. The van der Waals surface area contributed by atoms with Crippen LogP contribution in [0.3, 0.4) is 0 Å². The Bertz CT molecular complexity index is 663. The minimum Gasteiger partial charge on any atom is -0.454 e. The number of hydrogen-bond donors (Lipinski definition) is 2. The van der Waals surface area contributed by atoms with E-state index in [2.05, 4.69) is 15.6 Å². The molecule has 20 heavy (non-hydrogen) atoms. The highest BCUT2D eigenvalue weighted by atomic mass is 35.5. The summed E-state index contributed by atoms with van der Waals surface area (Å²) in [7, 11) is 0. The molecule has 0 fully saturated rings. The van der Waals surface area contributed by atoms with Crippen molar-refractivity contribution in [1.29, 1.82) is 0 Å². The Morgan fingerprint density at radius 3 is 2.85 bits per heavy atom. The topological polar surface area (TPSA) is 72.5 Å². The van der Waals surface area contributed by atoms with Crippen LogP contribution in [0.2, 0.25) is 5.02 Å². The van der Waals surface area contributed by atoms with Gasteiger partial charge in [0.1, 0.15) is 5.82 Å². The number of pyridine rings is 1. The molecule has 0 atom stereocenters. The number of amides is 2. The van der Waals surface area contributed by atoms with Gasteiger partial charge in [-0.05, 0) is 24.3 Å². The number of benzene rings is 1. The first-order chi connectivity index (χ1) is 9.70. The second-order valence-corrected chi connectivity index (χ2v) is 4.44. The van der Waals surface area contributed by atoms with Crippen LogP contribution in [-0.4, -0.2) is 17.8 Å². The van der Waals surface area contributed by atoms with E-state index in [1.165, 1.54) is 6.20 Å². The third kappa shape index (κ3) is 2.75. The molecule has 102 valence electrons. The molecule has 1 aliphatic rings. The van der Waals surface area contributed by atoms with Gasteiger partial charge in [0.15, 0.2) is 11.5 Å². The normalized spacial score (nSPS) is 12.1. The van der Waals surface area contributed by atoms with Gasteiger partial charge in [-0.2, -0.15) is 0 Å². The predicted octanol–water partition coefficient (Wildman–Crippen LogP) is 3.11. The maximum absolute atomic E-state index is 11.8. The zero-order chi connectivity index (χ0) is 13.9. The van der Waals surface area contributed by atoms with Gasteiger partial charge in [-0.1, -0.05) is 11.6 Å². The Morgan fingerprint density at radius 2 is 2.00 bits per heavy atom. The summed E-state index contributed by atoms with van der Waals surface area (Å²) in [6.45, 7) is 0.192. The molecule has 1 aromatic heterocycles.